The van der Waals surface area contributed by atoms with Crippen molar-refractivity contribution in [2.24, 2.45) is 0 Å². The van der Waals surface area contributed by atoms with Crippen LogP contribution in [0, 0.1) is 10.1 Å². The highest BCUT2D eigenvalue weighted by Gasteiger charge is 2.25. The molecule has 1 atom stereocenters. The molecule has 0 radical (unpaired) electrons. The number of nitrogens with zero attached hydrogens (tertiary/aromatic N) is 1. The predicted octanol–water partition coefficient (Wildman–Crippen LogP) is 0.654. The SMILES string of the molecule is CNC(C(=O)O)c1cc(OC)c(O)c([N+](=O)[O-])c1. The van der Waals surface area contributed by atoms with Crippen LogP contribution in [0.25, 0.3) is 0 Å². The number of phenols is 1. The molecule has 98 valence electrons. The van der Waals surface area contributed by atoms with Crippen LogP contribution in [0.2, 0.25) is 0 Å². The van der Waals surface area contributed by atoms with Gasteiger partial charge in [-0.2, -0.15) is 0 Å². The number of benzene rings is 1. The highest BCUT2D eigenvalue weighted by molar-refractivity contribution is 5.76. The number of rotatable bonds is 5. The van der Waals surface area contributed by atoms with Crippen LogP contribution < -0.4 is 10.1 Å². The summed E-state index contributed by atoms with van der Waals surface area (Å²) >= 11 is 0. The molecule has 8 heteroatoms. The van der Waals surface area contributed by atoms with Crippen LogP contribution in [-0.4, -0.2) is 35.3 Å². The van der Waals surface area contributed by atoms with Crippen LogP contribution in [0.4, 0.5) is 5.69 Å². The Morgan fingerprint density at radius 1 is 1.56 bits per heavy atom. The third kappa shape index (κ3) is 2.48. The summed E-state index contributed by atoms with van der Waals surface area (Å²) in [7, 11) is 2.63. The quantitative estimate of drug-likeness (QED) is 0.522. The number of aliphatic carboxylic acids is 1. The van der Waals surface area contributed by atoms with Crippen molar-refractivity contribution in [2.75, 3.05) is 14.2 Å². The molecule has 0 aliphatic rings. The first kappa shape index (κ1) is 13.7. The smallest absolute Gasteiger partial charge is 0.325 e. The summed E-state index contributed by atoms with van der Waals surface area (Å²) in [4.78, 5) is 20.9. The molecule has 3 N–H and O–H groups in total. The van der Waals surface area contributed by atoms with Gasteiger partial charge in [0.2, 0.25) is 5.75 Å². The van der Waals surface area contributed by atoms with Crippen molar-refractivity contribution in [3.63, 3.8) is 0 Å². The first-order valence-electron chi connectivity index (χ1n) is 4.87. The number of nitro benzene ring substituents is 1. The molecule has 0 saturated heterocycles. The molecule has 0 amide bonds. The van der Waals surface area contributed by atoms with Crippen molar-refractivity contribution in [1.29, 1.82) is 0 Å². The number of hydrogen-bond acceptors (Lipinski definition) is 6. The maximum absolute atomic E-state index is 11.0. The van der Waals surface area contributed by atoms with E-state index in [0.717, 1.165) is 6.07 Å². The molecule has 0 heterocycles. The summed E-state index contributed by atoms with van der Waals surface area (Å²) in [6.45, 7) is 0. The Hall–Kier alpha value is -2.35. The number of carbonyl (C=O) groups is 1. The van der Waals surface area contributed by atoms with Crippen LogP contribution in [0.5, 0.6) is 11.5 Å². The van der Waals surface area contributed by atoms with Gasteiger partial charge in [0.1, 0.15) is 6.04 Å². The number of carboxylic acid groups (broad SMARTS) is 1. The van der Waals surface area contributed by atoms with E-state index in [4.69, 9.17) is 9.84 Å². The fraction of sp³-hybridized carbons (Fsp3) is 0.300. The number of likely N-dealkylation sites (N-methyl/N-ethyl adjacent to an activating group) is 1. The van der Waals surface area contributed by atoms with Crippen LogP contribution >= 0.6 is 0 Å². The van der Waals surface area contributed by atoms with Crippen molar-refractivity contribution in [2.45, 2.75) is 6.04 Å². The average Bonchev–Trinajstić information content (AvgIpc) is 2.30. The van der Waals surface area contributed by atoms with E-state index >= 15 is 0 Å². The standard InChI is InChI=1S/C10H12N2O6/c1-11-8(10(14)15)5-3-6(12(16)17)9(13)7(4-5)18-2/h3-4,8,11,13H,1-2H3,(H,14,15). The van der Waals surface area contributed by atoms with E-state index in [0.29, 0.717) is 0 Å². The second-order valence-corrected chi connectivity index (χ2v) is 3.41. The fourth-order valence-corrected chi connectivity index (χ4v) is 1.51. The van der Waals surface area contributed by atoms with Gasteiger partial charge in [0.15, 0.2) is 5.75 Å². The van der Waals surface area contributed by atoms with Gasteiger partial charge < -0.3 is 20.3 Å². The number of carboxylic acids is 1. The number of hydrogen-bond donors (Lipinski definition) is 3. The van der Waals surface area contributed by atoms with Gasteiger partial charge in [-0.05, 0) is 18.7 Å². The summed E-state index contributed by atoms with van der Waals surface area (Å²) in [5, 5.41) is 31.7. The van der Waals surface area contributed by atoms with E-state index in [1.165, 1.54) is 20.2 Å². The summed E-state index contributed by atoms with van der Waals surface area (Å²) < 4.78 is 4.78. The molecule has 18 heavy (non-hydrogen) atoms. The lowest BCUT2D eigenvalue weighted by molar-refractivity contribution is -0.386. The summed E-state index contributed by atoms with van der Waals surface area (Å²) in [5.74, 6) is -1.98. The third-order valence-electron chi connectivity index (χ3n) is 2.36. The van der Waals surface area contributed by atoms with Gasteiger partial charge in [-0.1, -0.05) is 0 Å². The van der Waals surface area contributed by atoms with Crippen molar-refractivity contribution >= 4 is 11.7 Å². The molecular weight excluding hydrogens is 244 g/mol. The Bertz CT molecular complexity index is 488. The van der Waals surface area contributed by atoms with Crippen molar-refractivity contribution in [1.82, 2.24) is 5.32 Å². The Balaban J connectivity index is 3.42. The zero-order valence-corrected chi connectivity index (χ0v) is 9.71. The van der Waals surface area contributed by atoms with Crippen LogP contribution in [0.1, 0.15) is 11.6 Å². The first-order valence-corrected chi connectivity index (χ1v) is 4.87. The molecule has 1 aromatic carbocycles. The Morgan fingerprint density at radius 3 is 2.56 bits per heavy atom. The minimum absolute atomic E-state index is 0.117. The summed E-state index contributed by atoms with van der Waals surface area (Å²) in [5.41, 5.74) is -0.489. The number of ether oxygens (including phenoxy) is 1. The molecule has 1 aromatic rings. The normalized spacial score (nSPS) is 11.9. The fourth-order valence-electron chi connectivity index (χ4n) is 1.51. The largest absolute Gasteiger partial charge is 0.500 e. The second kappa shape index (κ2) is 5.32. The van der Waals surface area contributed by atoms with Gasteiger partial charge in [0.25, 0.3) is 0 Å². The lowest BCUT2D eigenvalue weighted by Gasteiger charge is -2.13. The molecule has 0 fully saturated rings. The number of nitrogens with one attached hydrogen (secondary N) is 1. The molecule has 0 aliphatic carbocycles. The number of aromatic hydroxyl groups is 1. The third-order valence-corrected chi connectivity index (χ3v) is 2.36. The monoisotopic (exact) mass is 256 g/mol. The number of methoxy groups -OCH3 is 1. The Labute approximate surface area is 102 Å². The lowest BCUT2D eigenvalue weighted by Crippen LogP contribution is -2.25. The van der Waals surface area contributed by atoms with Gasteiger partial charge >= 0.3 is 11.7 Å². The summed E-state index contributed by atoms with van der Waals surface area (Å²) in [6.07, 6.45) is 0. The molecule has 0 bridgehead atoms. The zero-order chi connectivity index (χ0) is 13.9. The molecule has 0 spiro atoms. The van der Waals surface area contributed by atoms with E-state index in [2.05, 4.69) is 5.32 Å². The van der Waals surface area contributed by atoms with Gasteiger partial charge in [-0.3, -0.25) is 14.9 Å². The van der Waals surface area contributed by atoms with Crippen molar-refractivity contribution < 1.29 is 24.7 Å². The van der Waals surface area contributed by atoms with Crippen molar-refractivity contribution in [3.8, 4) is 11.5 Å². The Morgan fingerprint density at radius 2 is 2.17 bits per heavy atom. The molecule has 8 nitrogen and oxygen atoms in total. The van der Waals surface area contributed by atoms with Crippen molar-refractivity contribution in [3.05, 3.63) is 27.8 Å². The average molecular weight is 256 g/mol. The first-order chi connectivity index (χ1) is 8.42. The maximum Gasteiger partial charge on any atom is 0.325 e. The van der Waals surface area contributed by atoms with E-state index < -0.39 is 28.4 Å². The molecule has 0 aliphatic heterocycles. The van der Waals surface area contributed by atoms with Crippen LogP contribution in [0.15, 0.2) is 12.1 Å². The van der Waals surface area contributed by atoms with Crippen LogP contribution in [-0.2, 0) is 4.79 Å². The molecular formula is C10H12N2O6. The Kier molecular flexibility index (Phi) is 4.05. The van der Waals surface area contributed by atoms with Gasteiger partial charge in [-0.15, -0.1) is 0 Å². The minimum atomic E-state index is -1.19. The summed E-state index contributed by atoms with van der Waals surface area (Å²) in [6, 6.07) is 1.10. The van der Waals surface area contributed by atoms with Gasteiger partial charge in [-0.25, -0.2) is 0 Å². The molecule has 0 aromatic heterocycles. The molecule has 1 rings (SSSR count). The van der Waals surface area contributed by atoms with E-state index in [9.17, 15) is 20.0 Å². The topological polar surface area (TPSA) is 122 Å². The maximum atomic E-state index is 11.0. The van der Waals surface area contributed by atoms with E-state index in [-0.39, 0.29) is 11.3 Å². The minimum Gasteiger partial charge on any atom is -0.500 e. The predicted molar refractivity (Wildman–Crippen MR) is 60.7 cm³/mol. The zero-order valence-electron chi connectivity index (χ0n) is 9.71. The lowest BCUT2D eigenvalue weighted by atomic mass is 10.1. The van der Waals surface area contributed by atoms with Gasteiger partial charge in [0.05, 0.1) is 12.0 Å². The van der Waals surface area contributed by atoms with Crippen LogP contribution in [0.3, 0.4) is 0 Å². The molecule has 1 unspecified atom stereocenters. The molecule has 0 saturated carbocycles. The number of phenolic OH excluding ortho intramolecular Hbond substituents is 1. The second-order valence-electron chi connectivity index (χ2n) is 3.41. The van der Waals surface area contributed by atoms with Gasteiger partial charge in [0, 0.05) is 6.07 Å². The van der Waals surface area contributed by atoms with E-state index in [1.54, 1.807) is 0 Å². The number of nitro groups is 1. The highest BCUT2D eigenvalue weighted by atomic mass is 16.6. The highest BCUT2D eigenvalue weighted by Crippen LogP contribution is 2.38. The van der Waals surface area contributed by atoms with E-state index in [1.807, 2.05) is 0 Å².